The van der Waals surface area contributed by atoms with E-state index in [-0.39, 0.29) is 12.0 Å². The highest BCUT2D eigenvalue weighted by Crippen LogP contribution is 2.17. The summed E-state index contributed by atoms with van der Waals surface area (Å²) in [6, 6.07) is 15.3. The Balaban J connectivity index is 1.67. The summed E-state index contributed by atoms with van der Waals surface area (Å²) < 4.78 is 10.7. The van der Waals surface area contributed by atoms with E-state index in [9.17, 15) is 4.79 Å². The molecular formula is C20H26N2O3. The van der Waals surface area contributed by atoms with Crippen LogP contribution < -0.4 is 20.1 Å². The van der Waals surface area contributed by atoms with Gasteiger partial charge in [0.2, 0.25) is 5.91 Å². The van der Waals surface area contributed by atoms with Crippen LogP contribution >= 0.6 is 0 Å². The number of carbonyl (C=O) groups is 1. The van der Waals surface area contributed by atoms with Crippen LogP contribution in [0.4, 0.5) is 5.69 Å². The van der Waals surface area contributed by atoms with Crippen LogP contribution in [0.2, 0.25) is 0 Å². The standard InChI is InChI=1S/C20H26N2O3/c1-15(2)25-19-10-6-17(7-11-19)22-20(23)12-13-21-14-16-4-8-18(24-3)9-5-16/h4-11,15,21H,12-14H2,1-3H3,(H,22,23). The van der Waals surface area contributed by atoms with Gasteiger partial charge < -0.3 is 20.1 Å². The van der Waals surface area contributed by atoms with Gasteiger partial charge in [0.15, 0.2) is 0 Å². The summed E-state index contributed by atoms with van der Waals surface area (Å²) >= 11 is 0. The van der Waals surface area contributed by atoms with Crippen molar-refractivity contribution in [2.75, 3.05) is 19.0 Å². The number of nitrogens with one attached hydrogen (secondary N) is 2. The normalized spacial score (nSPS) is 10.6. The predicted molar refractivity (Wildman–Crippen MR) is 100 cm³/mol. The minimum absolute atomic E-state index is 0.0141. The Bertz CT molecular complexity index is 652. The molecule has 2 aromatic rings. The maximum absolute atomic E-state index is 12.0. The lowest BCUT2D eigenvalue weighted by Crippen LogP contribution is -2.21. The van der Waals surface area contributed by atoms with Crippen molar-refractivity contribution < 1.29 is 14.3 Å². The van der Waals surface area contributed by atoms with Gasteiger partial charge >= 0.3 is 0 Å². The molecule has 0 radical (unpaired) electrons. The maximum atomic E-state index is 12.0. The van der Waals surface area contributed by atoms with Crippen LogP contribution in [0, 0.1) is 0 Å². The van der Waals surface area contributed by atoms with Crippen molar-refractivity contribution in [3.05, 3.63) is 54.1 Å². The summed E-state index contributed by atoms with van der Waals surface area (Å²) in [5, 5.41) is 6.15. The van der Waals surface area contributed by atoms with Crippen molar-refractivity contribution in [2.45, 2.75) is 32.9 Å². The molecule has 2 N–H and O–H groups in total. The predicted octanol–water partition coefficient (Wildman–Crippen LogP) is 3.60. The zero-order valence-electron chi connectivity index (χ0n) is 15.0. The average molecular weight is 342 g/mol. The topological polar surface area (TPSA) is 59.6 Å². The highest BCUT2D eigenvalue weighted by molar-refractivity contribution is 5.90. The van der Waals surface area contributed by atoms with E-state index in [4.69, 9.17) is 9.47 Å². The molecule has 134 valence electrons. The Morgan fingerprint density at radius 3 is 2.24 bits per heavy atom. The number of benzene rings is 2. The zero-order chi connectivity index (χ0) is 18.1. The molecule has 0 aromatic heterocycles. The van der Waals surface area contributed by atoms with Crippen molar-refractivity contribution in [1.29, 1.82) is 0 Å². The van der Waals surface area contributed by atoms with Crippen LogP contribution in [0.5, 0.6) is 11.5 Å². The molecule has 25 heavy (non-hydrogen) atoms. The lowest BCUT2D eigenvalue weighted by molar-refractivity contribution is -0.116. The third-order valence-electron chi connectivity index (χ3n) is 3.53. The van der Waals surface area contributed by atoms with Crippen LogP contribution in [0.1, 0.15) is 25.8 Å². The molecule has 0 bridgehead atoms. The zero-order valence-corrected chi connectivity index (χ0v) is 15.0. The van der Waals surface area contributed by atoms with E-state index < -0.39 is 0 Å². The van der Waals surface area contributed by atoms with Gasteiger partial charge in [0, 0.05) is 25.2 Å². The van der Waals surface area contributed by atoms with Gasteiger partial charge in [0.05, 0.1) is 13.2 Å². The maximum Gasteiger partial charge on any atom is 0.225 e. The molecule has 0 saturated carbocycles. The van der Waals surface area contributed by atoms with Crippen LogP contribution in [0.25, 0.3) is 0 Å². The third kappa shape index (κ3) is 6.85. The number of ether oxygens (including phenoxy) is 2. The molecule has 0 aliphatic heterocycles. The summed E-state index contributed by atoms with van der Waals surface area (Å²) in [6.45, 7) is 5.30. The van der Waals surface area contributed by atoms with Crippen molar-refractivity contribution in [3.8, 4) is 11.5 Å². The van der Waals surface area contributed by atoms with Gasteiger partial charge in [-0.1, -0.05) is 12.1 Å². The van der Waals surface area contributed by atoms with Gasteiger partial charge in [-0.15, -0.1) is 0 Å². The van der Waals surface area contributed by atoms with E-state index in [0.717, 1.165) is 29.3 Å². The monoisotopic (exact) mass is 342 g/mol. The van der Waals surface area contributed by atoms with Crippen LogP contribution in [0.15, 0.2) is 48.5 Å². The highest BCUT2D eigenvalue weighted by atomic mass is 16.5. The average Bonchev–Trinajstić information content (AvgIpc) is 2.60. The molecule has 0 fully saturated rings. The quantitative estimate of drug-likeness (QED) is 0.684. The SMILES string of the molecule is COc1ccc(CNCCC(=O)Nc2ccc(OC(C)C)cc2)cc1. The highest BCUT2D eigenvalue weighted by Gasteiger charge is 2.03. The minimum Gasteiger partial charge on any atom is -0.497 e. The molecular weight excluding hydrogens is 316 g/mol. The van der Waals surface area contributed by atoms with Crippen molar-refractivity contribution >= 4 is 11.6 Å². The number of methoxy groups -OCH3 is 1. The van der Waals surface area contributed by atoms with Gasteiger partial charge in [-0.25, -0.2) is 0 Å². The van der Waals surface area contributed by atoms with E-state index >= 15 is 0 Å². The molecule has 0 saturated heterocycles. The van der Waals surface area contributed by atoms with E-state index in [1.165, 1.54) is 0 Å². The second kappa shape index (κ2) is 9.69. The number of anilines is 1. The first-order valence-corrected chi connectivity index (χ1v) is 8.47. The number of hydrogen-bond acceptors (Lipinski definition) is 4. The number of amides is 1. The van der Waals surface area contributed by atoms with Gasteiger partial charge in [-0.05, 0) is 55.8 Å². The molecule has 5 heteroatoms. The van der Waals surface area contributed by atoms with Gasteiger partial charge in [-0.3, -0.25) is 4.79 Å². The third-order valence-corrected chi connectivity index (χ3v) is 3.53. The van der Waals surface area contributed by atoms with Crippen molar-refractivity contribution in [2.24, 2.45) is 0 Å². The molecule has 0 spiro atoms. The summed E-state index contributed by atoms with van der Waals surface area (Å²) in [7, 11) is 1.65. The number of carbonyl (C=O) groups excluding carboxylic acids is 1. The van der Waals surface area contributed by atoms with E-state index in [0.29, 0.717) is 13.0 Å². The number of rotatable bonds is 9. The summed E-state index contributed by atoms with van der Waals surface area (Å²) in [6.07, 6.45) is 0.553. The van der Waals surface area contributed by atoms with Crippen LogP contribution in [0.3, 0.4) is 0 Å². The second-order valence-electron chi connectivity index (χ2n) is 6.01. The fraction of sp³-hybridized carbons (Fsp3) is 0.350. The fourth-order valence-electron chi connectivity index (χ4n) is 2.29. The summed E-state index contributed by atoms with van der Waals surface area (Å²) in [5.41, 5.74) is 1.93. The second-order valence-corrected chi connectivity index (χ2v) is 6.01. The molecule has 2 rings (SSSR count). The smallest absolute Gasteiger partial charge is 0.225 e. The first-order chi connectivity index (χ1) is 12.1. The molecule has 2 aromatic carbocycles. The Kier molecular flexibility index (Phi) is 7.29. The molecule has 5 nitrogen and oxygen atoms in total. The number of hydrogen-bond donors (Lipinski definition) is 2. The minimum atomic E-state index is -0.0141. The van der Waals surface area contributed by atoms with Gasteiger partial charge in [-0.2, -0.15) is 0 Å². The lowest BCUT2D eigenvalue weighted by Gasteiger charge is -2.11. The lowest BCUT2D eigenvalue weighted by atomic mass is 10.2. The molecule has 0 unspecified atom stereocenters. The van der Waals surface area contributed by atoms with Gasteiger partial charge in [0.1, 0.15) is 11.5 Å². The summed E-state index contributed by atoms with van der Waals surface area (Å²) in [5.74, 6) is 1.63. The Hall–Kier alpha value is -2.53. The Morgan fingerprint density at radius 2 is 1.64 bits per heavy atom. The molecule has 1 amide bonds. The van der Waals surface area contributed by atoms with E-state index in [2.05, 4.69) is 10.6 Å². The largest absolute Gasteiger partial charge is 0.497 e. The molecule has 0 aliphatic carbocycles. The summed E-state index contributed by atoms with van der Waals surface area (Å²) in [4.78, 5) is 12.0. The fourth-order valence-corrected chi connectivity index (χ4v) is 2.29. The van der Waals surface area contributed by atoms with Crippen LogP contribution in [-0.2, 0) is 11.3 Å². The molecule has 0 atom stereocenters. The Labute approximate surface area is 149 Å². The van der Waals surface area contributed by atoms with Gasteiger partial charge in [0.25, 0.3) is 0 Å². The first-order valence-electron chi connectivity index (χ1n) is 8.47. The first kappa shape index (κ1) is 18.8. The molecule has 0 heterocycles. The van der Waals surface area contributed by atoms with Crippen molar-refractivity contribution in [1.82, 2.24) is 5.32 Å². The molecule has 0 aliphatic rings. The Morgan fingerprint density at radius 1 is 1.00 bits per heavy atom. The van der Waals surface area contributed by atoms with E-state index in [1.54, 1.807) is 7.11 Å². The van der Waals surface area contributed by atoms with Crippen LogP contribution in [-0.4, -0.2) is 25.7 Å². The van der Waals surface area contributed by atoms with Crippen molar-refractivity contribution in [3.63, 3.8) is 0 Å². The van der Waals surface area contributed by atoms with E-state index in [1.807, 2.05) is 62.4 Å².